The molecule has 3 aliphatic rings. The highest BCUT2D eigenvalue weighted by Crippen LogP contribution is 2.60. The normalized spacial score (nSPS) is 31.1. The molecule has 0 aromatic rings. The Labute approximate surface area is 142 Å². The van der Waals surface area contributed by atoms with E-state index in [-0.39, 0.29) is 31.1 Å². The molecular formula is C16H25N2O5P. The van der Waals surface area contributed by atoms with E-state index < -0.39 is 25.2 Å². The molecule has 0 radical (unpaired) electrons. The Kier molecular flexibility index (Phi) is 5.23. The Balaban J connectivity index is 1.85. The second-order valence-electron chi connectivity index (χ2n) is 6.48. The molecule has 3 rings (SSSR count). The van der Waals surface area contributed by atoms with Gasteiger partial charge in [0.05, 0.1) is 25.0 Å². The summed E-state index contributed by atoms with van der Waals surface area (Å²) in [6.07, 6.45) is 6.40. The molecule has 2 aliphatic heterocycles. The van der Waals surface area contributed by atoms with Crippen molar-refractivity contribution >= 4 is 25.6 Å². The SMILES string of the molecule is CCOP(=O)(OCC)C1N=CC2C(=O)N(C3CCCCC3)C(=O)C21. The van der Waals surface area contributed by atoms with Crippen LogP contribution in [0, 0.1) is 11.8 Å². The smallest absolute Gasteiger partial charge is 0.307 e. The molecule has 8 heteroatoms. The molecule has 0 aromatic carbocycles. The molecule has 7 nitrogen and oxygen atoms in total. The lowest BCUT2D eigenvalue weighted by Gasteiger charge is -2.31. The van der Waals surface area contributed by atoms with Gasteiger partial charge < -0.3 is 9.05 Å². The van der Waals surface area contributed by atoms with Gasteiger partial charge in [0.25, 0.3) is 0 Å². The zero-order valence-electron chi connectivity index (χ0n) is 14.2. The zero-order valence-corrected chi connectivity index (χ0v) is 15.1. The van der Waals surface area contributed by atoms with Crippen molar-refractivity contribution in [2.24, 2.45) is 16.8 Å². The number of aliphatic imine (C=N–C) groups is 1. The third-order valence-electron chi connectivity index (χ3n) is 5.03. The van der Waals surface area contributed by atoms with Crippen LogP contribution < -0.4 is 0 Å². The number of carbonyl (C=O) groups excluding carboxylic acids is 2. The van der Waals surface area contributed by atoms with Crippen molar-refractivity contribution in [1.82, 2.24) is 4.90 Å². The molecule has 3 unspecified atom stereocenters. The highest BCUT2D eigenvalue weighted by Gasteiger charge is 2.60. The summed E-state index contributed by atoms with van der Waals surface area (Å²) in [6.45, 7) is 3.85. The number of fused-ring (bicyclic) bond motifs is 1. The summed E-state index contributed by atoms with van der Waals surface area (Å²) >= 11 is 0. The van der Waals surface area contributed by atoms with Crippen LogP contribution in [0.5, 0.6) is 0 Å². The van der Waals surface area contributed by atoms with E-state index in [1.54, 1.807) is 13.8 Å². The zero-order chi connectivity index (χ0) is 17.3. The van der Waals surface area contributed by atoms with E-state index >= 15 is 0 Å². The van der Waals surface area contributed by atoms with Gasteiger partial charge in [-0.15, -0.1) is 0 Å². The summed E-state index contributed by atoms with van der Waals surface area (Å²) in [6, 6.07) is -0.0306. The lowest BCUT2D eigenvalue weighted by atomic mass is 9.94. The van der Waals surface area contributed by atoms with Gasteiger partial charge >= 0.3 is 7.60 Å². The first-order valence-electron chi connectivity index (χ1n) is 8.82. The van der Waals surface area contributed by atoms with Crippen LogP contribution in [0.4, 0.5) is 0 Å². The summed E-state index contributed by atoms with van der Waals surface area (Å²) in [5.41, 5.74) is 0. The first-order valence-corrected chi connectivity index (χ1v) is 10.4. The molecule has 3 atom stereocenters. The Bertz CT molecular complexity index is 577. The topological polar surface area (TPSA) is 85.3 Å². The van der Waals surface area contributed by atoms with Gasteiger partial charge in [-0.1, -0.05) is 19.3 Å². The van der Waals surface area contributed by atoms with Crippen molar-refractivity contribution in [3.63, 3.8) is 0 Å². The van der Waals surface area contributed by atoms with Gasteiger partial charge in [0.1, 0.15) is 0 Å². The molecule has 2 fully saturated rings. The molecular weight excluding hydrogens is 331 g/mol. The van der Waals surface area contributed by atoms with Gasteiger partial charge in [-0.3, -0.25) is 24.0 Å². The minimum absolute atomic E-state index is 0.0306. The summed E-state index contributed by atoms with van der Waals surface area (Å²) in [4.78, 5) is 31.3. The molecule has 24 heavy (non-hydrogen) atoms. The van der Waals surface area contributed by atoms with Crippen LogP contribution in [0.1, 0.15) is 46.0 Å². The number of hydrogen-bond acceptors (Lipinski definition) is 6. The number of imide groups is 1. The van der Waals surface area contributed by atoms with Gasteiger partial charge in [0, 0.05) is 12.3 Å². The molecule has 2 amide bonds. The lowest BCUT2D eigenvalue weighted by Crippen LogP contribution is -2.42. The van der Waals surface area contributed by atoms with Crippen LogP contribution in [-0.4, -0.2) is 48.0 Å². The van der Waals surface area contributed by atoms with Crippen LogP contribution in [0.2, 0.25) is 0 Å². The molecule has 0 spiro atoms. The van der Waals surface area contributed by atoms with Gasteiger partial charge in [-0.05, 0) is 26.7 Å². The number of carbonyl (C=O) groups is 2. The number of nitrogens with zero attached hydrogens (tertiary/aromatic N) is 2. The monoisotopic (exact) mass is 356 g/mol. The average Bonchev–Trinajstić information content (AvgIpc) is 3.10. The van der Waals surface area contributed by atoms with Crippen LogP contribution in [0.25, 0.3) is 0 Å². The summed E-state index contributed by atoms with van der Waals surface area (Å²) < 4.78 is 23.8. The van der Waals surface area contributed by atoms with Crippen molar-refractivity contribution in [2.75, 3.05) is 13.2 Å². The Morgan fingerprint density at radius 1 is 1.12 bits per heavy atom. The minimum atomic E-state index is -3.57. The largest absolute Gasteiger partial charge is 0.355 e. The van der Waals surface area contributed by atoms with Crippen LogP contribution >= 0.6 is 7.60 Å². The lowest BCUT2D eigenvalue weighted by molar-refractivity contribution is -0.143. The molecule has 134 valence electrons. The van der Waals surface area contributed by atoms with Crippen molar-refractivity contribution in [3.8, 4) is 0 Å². The fourth-order valence-electron chi connectivity index (χ4n) is 4.01. The quantitative estimate of drug-likeness (QED) is 0.539. The Morgan fingerprint density at radius 3 is 2.33 bits per heavy atom. The number of hydrogen-bond donors (Lipinski definition) is 0. The van der Waals surface area contributed by atoms with Crippen molar-refractivity contribution in [3.05, 3.63) is 0 Å². The Hall–Kier alpha value is -1.04. The standard InChI is InChI=1S/C16H25N2O5P/c1-3-22-24(21,23-4-2)14-13-12(10-17-14)15(19)18(16(13)20)11-8-6-5-7-9-11/h10-14H,3-9H2,1-2H3. The molecule has 0 aromatic heterocycles. The van der Waals surface area contributed by atoms with E-state index in [2.05, 4.69) is 4.99 Å². The number of amides is 2. The Morgan fingerprint density at radius 2 is 1.75 bits per heavy atom. The van der Waals surface area contributed by atoms with Gasteiger partial charge in [0.15, 0.2) is 5.78 Å². The minimum Gasteiger partial charge on any atom is -0.307 e. The van der Waals surface area contributed by atoms with E-state index in [0.717, 1.165) is 32.1 Å². The van der Waals surface area contributed by atoms with Crippen LogP contribution in [0.15, 0.2) is 4.99 Å². The average molecular weight is 356 g/mol. The molecule has 2 heterocycles. The van der Waals surface area contributed by atoms with Gasteiger partial charge in [-0.2, -0.15) is 0 Å². The molecule has 1 aliphatic carbocycles. The first-order chi connectivity index (χ1) is 11.5. The van der Waals surface area contributed by atoms with E-state index in [1.807, 2.05) is 0 Å². The van der Waals surface area contributed by atoms with E-state index in [0.29, 0.717) is 0 Å². The molecule has 0 bridgehead atoms. The fraction of sp³-hybridized carbons (Fsp3) is 0.812. The summed E-state index contributed by atoms with van der Waals surface area (Å²) in [5, 5.41) is 0. The highest BCUT2D eigenvalue weighted by molar-refractivity contribution is 7.54. The van der Waals surface area contributed by atoms with E-state index in [1.165, 1.54) is 11.1 Å². The second kappa shape index (κ2) is 7.06. The summed E-state index contributed by atoms with van der Waals surface area (Å²) in [7, 11) is -3.57. The molecule has 1 saturated heterocycles. The van der Waals surface area contributed by atoms with Gasteiger partial charge in [-0.25, -0.2) is 0 Å². The predicted molar refractivity (Wildman–Crippen MR) is 88.8 cm³/mol. The number of likely N-dealkylation sites (tertiary alicyclic amines) is 1. The van der Waals surface area contributed by atoms with Crippen LogP contribution in [-0.2, 0) is 23.2 Å². The van der Waals surface area contributed by atoms with Crippen molar-refractivity contribution in [1.29, 1.82) is 0 Å². The van der Waals surface area contributed by atoms with Crippen molar-refractivity contribution < 1.29 is 23.2 Å². The van der Waals surface area contributed by atoms with Crippen LogP contribution in [0.3, 0.4) is 0 Å². The first kappa shape index (κ1) is 17.8. The fourth-order valence-corrected chi connectivity index (χ4v) is 6.05. The summed E-state index contributed by atoms with van der Waals surface area (Å²) in [5.74, 6) is -2.75. The van der Waals surface area contributed by atoms with E-state index in [9.17, 15) is 14.2 Å². The third-order valence-corrected chi connectivity index (χ3v) is 7.37. The maximum Gasteiger partial charge on any atom is 0.355 e. The van der Waals surface area contributed by atoms with Crippen molar-refractivity contribution in [2.45, 2.75) is 57.8 Å². The highest BCUT2D eigenvalue weighted by atomic mass is 31.2. The predicted octanol–water partition coefficient (Wildman–Crippen LogP) is 2.60. The molecule has 0 N–H and O–H groups in total. The van der Waals surface area contributed by atoms with Gasteiger partial charge in [0.2, 0.25) is 11.8 Å². The third kappa shape index (κ3) is 2.87. The van der Waals surface area contributed by atoms with E-state index in [4.69, 9.17) is 9.05 Å². The number of rotatable bonds is 6. The maximum atomic E-state index is 13.1. The maximum absolute atomic E-state index is 13.1. The second-order valence-corrected chi connectivity index (χ2v) is 8.60. The molecule has 1 saturated carbocycles.